The number of benzene rings is 2. The van der Waals surface area contributed by atoms with E-state index in [9.17, 15) is 21.6 Å². The molecule has 1 fully saturated rings. The van der Waals surface area contributed by atoms with Gasteiger partial charge in [0.15, 0.2) is 5.78 Å². The van der Waals surface area contributed by atoms with Gasteiger partial charge in [-0.25, -0.2) is 16.8 Å². The van der Waals surface area contributed by atoms with Crippen LogP contribution in [0, 0.1) is 0 Å². The van der Waals surface area contributed by atoms with E-state index >= 15 is 0 Å². The van der Waals surface area contributed by atoms with Gasteiger partial charge in [-0.3, -0.25) is 14.2 Å². The number of hydrogen-bond donors (Lipinski definition) is 2. The Morgan fingerprint density at radius 1 is 0.943 bits per heavy atom. The van der Waals surface area contributed by atoms with Crippen LogP contribution in [0.5, 0.6) is 0 Å². The summed E-state index contributed by atoms with van der Waals surface area (Å²) in [6, 6.07) is 11.9. The van der Waals surface area contributed by atoms with E-state index in [-0.39, 0.29) is 11.8 Å². The first kappa shape index (κ1) is 25.2. The molecule has 0 bridgehead atoms. The molecule has 2 aromatic carbocycles. The Labute approximate surface area is 206 Å². The Hall–Kier alpha value is -2.85. The molecule has 1 saturated carbocycles. The molecule has 3 aromatic rings. The fourth-order valence-corrected chi connectivity index (χ4v) is 5.68. The van der Waals surface area contributed by atoms with Gasteiger partial charge in [-0.05, 0) is 63.9 Å². The van der Waals surface area contributed by atoms with Crippen LogP contribution in [-0.4, -0.2) is 38.2 Å². The third-order valence-corrected chi connectivity index (χ3v) is 9.01. The smallest absolute Gasteiger partial charge is 0.237 e. The molecule has 4 rings (SSSR count). The van der Waals surface area contributed by atoms with Gasteiger partial charge in [-0.1, -0.05) is 25.0 Å². The molecule has 0 atom stereocenters. The van der Waals surface area contributed by atoms with Crippen molar-refractivity contribution in [2.45, 2.75) is 57.2 Å². The van der Waals surface area contributed by atoms with Crippen molar-refractivity contribution in [1.29, 1.82) is 0 Å². The molecule has 188 valence electrons. The Bertz CT molecular complexity index is 1490. The number of fused-ring (bicyclic) bond motifs is 1. The lowest BCUT2D eigenvalue weighted by molar-refractivity contribution is 0.104. The lowest BCUT2D eigenvalue weighted by Crippen LogP contribution is -2.33. The summed E-state index contributed by atoms with van der Waals surface area (Å²) < 4.78 is 54.8. The van der Waals surface area contributed by atoms with E-state index in [2.05, 4.69) is 14.0 Å². The largest absolute Gasteiger partial charge is 0.344 e. The summed E-state index contributed by atoms with van der Waals surface area (Å²) in [5.74, 6) is -0.229. The van der Waals surface area contributed by atoms with Gasteiger partial charge in [-0.2, -0.15) is 0 Å². The maximum Gasteiger partial charge on any atom is 0.237 e. The molecule has 0 aliphatic heterocycles. The zero-order valence-corrected chi connectivity index (χ0v) is 22.0. The zero-order valence-electron chi connectivity index (χ0n) is 20.3. The van der Waals surface area contributed by atoms with Crippen LogP contribution in [0.25, 0.3) is 10.9 Å². The molecule has 8 nitrogen and oxygen atoms in total. The van der Waals surface area contributed by atoms with Crippen LogP contribution in [0.15, 0.2) is 48.7 Å². The molecule has 0 amide bonds. The van der Waals surface area contributed by atoms with Crippen molar-refractivity contribution in [3.8, 4) is 0 Å². The third-order valence-electron chi connectivity index (χ3n) is 6.28. The van der Waals surface area contributed by atoms with E-state index in [1.54, 1.807) is 63.2 Å². The highest BCUT2D eigenvalue weighted by Gasteiger charge is 2.29. The molecule has 1 aromatic heterocycles. The second-order valence-corrected chi connectivity index (χ2v) is 14.3. The highest BCUT2D eigenvalue weighted by Crippen LogP contribution is 2.36. The summed E-state index contributed by atoms with van der Waals surface area (Å²) >= 11 is 0. The number of anilines is 2. The highest BCUT2D eigenvalue weighted by molar-refractivity contribution is 7.94. The van der Waals surface area contributed by atoms with Crippen LogP contribution in [0.1, 0.15) is 68.4 Å². The van der Waals surface area contributed by atoms with Gasteiger partial charge in [0.1, 0.15) is 0 Å². The summed E-state index contributed by atoms with van der Waals surface area (Å²) in [7, 11) is -7.08. The maximum absolute atomic E-state index is 13.6. The molecule has 0 saturated heterocycles. The van der Waals surface area contributed by atoms with Crippen molar-refractivity contribution >= 4 is 48.1 Å². The predicted octanol–water partition coefficient (Wildman–Crippen LogP) is 4.90. The van der Waals surface area contributed by atoms with Crippen molar-refractivity contribution in [3.63, 3.8) is 0 Å². The summed E-state index contributed by atoms with van der Waals surface area (Å²) in [6.45, 7) is 4.82. The van der Waals surface area contributed by atoms with Gasteiger partial charge in [-0.15, -0.1) is 0 Å². The van der Waals surface area contributed by atoms with E-state index in [1.807, 2.05) is 6.20 Å². The van der Waals surface area contributed by atoms with Gasteiger partial charge in [0.05, 0.1) is 22.2 Å². The van der Waals surface area contributed by atoms with E-state index in [0.29, 0.717) is 22.5 Å². The van der Waals surface area contributed by atoms with Gasteiger partial charge < -0.3 is 4.57 Å². The maximum atomic E-state index is 13.6. The highest BCUT2D eigenvalue weighted by atomic mass is 32.2. The molecule has 0 unspecified atom stereocenters. The van der Waals surface area contributed by atoms with E-state index in [1.165, 1.54) is 0 Å². The van der Waals surface area contributed by atoms with Crippen LogP contribution < -0.4 is 9.44 Å². The molecular weight excluding hydrogens is 486 g/mol. The minimum atomic E-state index is -3.64. The van der Waals surface area contributed by atoms with Crippen LogP contribution in [0.3, 0.4) is 0 Å². The van der Waals surface area contributed by atoms with E-state index in [0.717, 1.165) is 42.8 Å². The quantitative estimate of drug-likeness (QED) is 0.433. The van der Waals surface area contributed by atoms with Crippen LogP contribution in [0.4, 0.5) is 11.4 Å². The first-order valence-corrected chi connectivity index (χ1v) is 14.9. The Morgan fingerprint density at radius 3 is 2.23 bits per heavy atom. The number of sulfonamides is 2. The Morgan fingerprint density at radius 2 is 1.60 bits per heavy atom. The third kappa shape index (κ3) is 5.38. The number of nitrogens with zero attached hydrogens (tertiary/aromatic N) is 1. The summed E-state index contributed by atoms with van der Waals surface area (Å²) in [5.41, 5.74) is 2.41. The molecule has 1 aliphatic rings. The lowest BCUT2D eigenvalue weighted by Gasteiger charge is -2.20. The van der Waals surface area contributed by atoms with E-state index < -0.39 is 24.8 Å². The van der Waals surface area contributed by atoms with Gasteiger partial charge in [0.25, 0.3) is 0 Å². The number of nitrogens with one attached hydrogen (secondary N) is 2. The fraction of sp³-hybridized carbons (Fsp3) is 0.400. The normalized spacial score (nSPS) is 15.4. The summed E-state index contributed by atoms with van der Waals surface area (Å²) in [6.07, 6.45) is 7.13. The van der Waals surface area contributed by atoms with Crippen molar-refractivity contribution < 1.29 is 21.6 Å². The number of rotatable bonds is 7. The second-order valence-electron chi connectivity index (χ2n) is 10.1. The van der Waals surface area contributed by atoms with Crippen LogP contribution >= 0.6 is 0 Å². The van der Waals surface area contributed by atoms with Gasteiger partial charge in [0.2, 0.25) is 20.0 Å². The number of carbonyl (C=O) groups excluding carboxylic acids is 1. The number of ketones is 1. The first-order valence-electron chi connectivity index (χ1n) is 11.5. The summed E-state index contributed by atoms with van der Waals surface area (Å²) in [4.78, 5) is 13.6. The number of aromatic nitrogens is 1. The Kier molecular flexibility index (Phi) is 6.48. The van der Waals surface area contributed by atoms with Gasteiger partial charge >= 0.3 is 0 Å². The topological polar surface area (TPSA) is 114 Å². The van der Waals surface area contributed by atoms with E-state index in [4.69, 9.17) is 0 Å². The molecule has 1 aliphatic carbocycles. The molecule has 0 spiro atoms. The van der Waals surface area contributed by atoms with Crippen LogP contribution in [0.2, 0.25) is 0 Å². The fourth-order valence-electron chi connectivity index (χ4n) is 4.38. The molecule has 0 radical (unpaired) electrons. The molecule has 35 heavy (non-hydrogen) atoms. The molecule has 1 heterocycles. The number of carbonyl (C=O) groups is 1. The molecular formula is C25H31N3O5S2. The van der Waals surface area contributed by atoms with Crippen molar-refractivity contribution in [3.05, 3.63) is 59.8 Å². The van der Waals surface area contributed by atoms with Crippen molar-refractivity contribution in [1.82, 2.24) is 4.57 Å². The average molecular weight is 518 g/mol. The molecule has 2 N–H and O–H groups in total. The zero-order chi connectivity index (χ0) is 25.6. The van der Waals surface area contributed by atoms with Crippen LogP contribution in [-0.2, 0) is 20.0 Å². The van der Waals surface area contributed by atoms with Crippen molar-refractivity contribution in [2.24, 2.45) is 0 Å². The standard InChI is InChI=1S/C25H31N3O5S2/c1-25(2,3)35(32,33)27-18-9-7-8-17(14-18)24(29)22-16-28(20-10-5-6-11-20)23-15-19(12-13-21(22)23)26-34(4,30)31/h7-9,12-16,20,26-27H,5-6,10-11H2,1-4H3. The minimum absolute atomic E-state index is 0.229. The molecule has 10 heteroatoms. The minimum Gasteiger partial charge on any atom is -0.344 e. The monoisotopic (exact) mass is 517 g/mol. The second kappa shape index (κ2) is 8.98. The van der Waals surface area contributed by atoms with Gasteiger partial charge in [0, 0.05) is 34.4 Å². The predicted molar refractivity (Wildman–Crippen MR) is 140 cm³/mol. The number of hydrogen-bond acceptors (Lipinski definition) is 5. The van der Waals surface area contributed by atoms with Crippen molar-refractivity contribution in [2.75, 3.05) is 15.7 Å². The summed E-state index contributed by atoms with van der Waals surface area (Å²) in [5, 5.41) is 0.724. The average Bonchev–Trinajstić information content (AvgIpc) is 3.38. The first-order chi connectivity index (χ1) is 16.2. The Balaban J connectivity index is 1.76. The SMILES string of the molecule is CC(C)(C)S(=O)(=O)Nc1cccc(C(=O)c2cn(C3CCCC3)c3cc(NS(C)(=O)=O)ccc23)c1. The lowest BCUT2D eigenvalue weighted by atomic mass is 10.0.